The minimum absolute atomic E-state index is 0.139. The minimum atomic E-state index is -3.66. The Morgan fingerprint density at radius 3 is 2.50 bits per heavy atom. The third-order valence-corrected chi connectivity index (χ3v) is 5.93. The van der Waals surface area contributed by atoms with Crippen LogP contribution in [0.2, 0.25) is 0 Å². The highest BCUT2D eigenvalue weighted by atomic mass is 32.2. The van der Waals surface area contributed by atoms with Crippen LogP contribution in [0.15, 0.2) is 53.4 Å². The van der Waals surface area contributed by atoms with E-state index >= 15 is 0 Å². The molecule has 1 atom stereocenters. The standard InChI is InChI=1S/C17H18N2O4S/c1-12-11-13-5-3-4-6-16(13)19(12)24(21,22)15-9-7-14(8-10-15)18-17(20)23-2/h3-10,12H,11H2,1-2H3,(H,18,20)/t12-/m0/s1. The molecule has 0 bridgehead atoms. The molecule has 1 aliphatic rings. The first-order chi connectivity index (χ1) is 11.4. The fourth-order valence-corrected chi connectivity index (χ4v) is 4.59. The Balaban J connectivity index is 1.92. The molecule has 1 heterocycles. The molecule has 2 aromatic rings. The number of carbonyl (C=O) groups excluding carboxylic acids is 1. The Kier molecular flexibility index (Phi) is 4.19. The van der Waals surface area contributed by atoms with Gasteiger partial charge in [-0.2, -0.15) is 0 Å². The molecule has 1 aliphatic heterocycles. The normalized spacial score (nSPS) is 16.6. The number of para-hydroxylation sites is 1. The highest BCUT2D eigenvalue weighted by Crippen LogP contribution is 2.36. The Morgan fingerprint density at radius 2 is 1.83 bits per heavy atom. The first-order valence-electron chi connectivity index (χ1n) is 7.51. The second kappa shape index (κ2) is 6.16. The van der Waals surface area contributed by atoms with Crippen molar-refractivity contribution in [2.45, 2.75) is 24.3 Å². The van der Waals surface area contributed by atoms with Crippen molar-refractivity contribution in [1.82, 2.24) is 0 Å². The van der Waals surface area contributed by atoms with Gasteiger partial charge >= 0.3 is 6.09 Å². The summed E-state index contributed by atoms with van der Waals surface area (Å²) in [4.78, 5) is 11.4. The SMILES string of the molecule is COC(=O)Nc1ccc(S(=O)(=O)N2c3ccccc3C[C@@H]2C)cc1. The summed E-state index contributed by atoms with van der Waals surface area (Å²) in [7, 11) is -2.40. The van der Waals surface area contributed by atoms with Crippen LogP contribution in [0.25, 0.3) is 0 Å². The molecule has 0 unspecified atom stereocenters. The lowest BCUT2D eigenvalue weighted by molar-refractivity contribution is 0.187. The maximum atomic E-state index is 13.0. The van der Waals surface area contributed by atoms with Gasteiger partial charge in [-0.05, 0) is 49.2 Å². The summed E-state index contributed by atoms with van der Waals surface area (Å²) in [6.07, 6.45) is 0.0879. The van der Waals surface area contributed by atoms with Crippen LogP contribution in [0, 0.1) is 0 Å². The monoisotopic (exact) mass is 346 g/mol. The van der Waals surface area contributed by atoms with E-state index in [1.165, 1.54) is 35.7 Å². The van der Waals surface area contributed by atoms with Crippen LogP contribution in [0.5, 0.6) is 0 Å². The second-order valence-corrected chi connectivity index (χ2v) is 7.44. The van der Waals surface area contributed by atoms with E-state index in [1.54, 1.807) is 0 Å². The zero-order valence-corrected chi connectivity index (χ0v) is 14.2. The molecule has 1 amide bonds. The van der Waals surface area contributed by atoms with Gasteiger partial charge in [-0.3, -0.25) is 9.62 Å². The number of amides is 1. The number of hydrogen-bond acceptors (Lipinski definition) is 4. The second-order valence-electron chi connectivity index (χ2n) is 5.62. The molecular formula is C17H18N2O4S. The number of fused-ring (bicyclic) bond motifs is 1. The number of carbonyl (C=O) groups is 1. The predicted octanol–water partition coefficient (Wildman–Crippen LogP) is 3.00. The van der Waals surface area contributed by atoms with Crippen molar-refractivity contribution in [3.05, 3.63) is 54.1 Å². The highest BCUT2D eigenvalue weighted by Gasteiger charge is 2.35. The Labute approximate surface area is 141 Å². The van der Waals surface area contributed by atoms with Crippen molar-refractivity contribution in [2.24, 2.45) is 0 Å². The lowest BCUT2D eigenvalue weighted by atomic mass is 10.1. The van der Waals surface area contributed by atoms with Crippen molar-refractivity contribution in [2.75, 3.05) is 16.7 Å². The van der Waals surface area contributed by atoms with Gasteiger partial charge in [0.25, 0.3) is 10.0 Å². The quantitative estimate of drug-likeness (QED) is 0.927. The summed E-state index contributed by atoms with van der Waals surface area (Å²) in [6.45, 7) is 1.89. The van der Waals surface area contributed by atoms with Crippen LogP contribution < -0.4 is 9.62 Å². The lowest BCUT2D eigenvalue weighted by Crippen LogP contribution is -2.35. The maximum absolute atomic E-state index is 13.0. The summed E-state index contributed by atoms with van der Waals surface area (Å²) < 4.78 is 32.0. The van der Waals surface area contributed by atoms with E-state index in [0.29, 0.717) is 12.1 Å². The largest absolute Gasteiger partial charge is 0.453 e. The summed E-state index contributed by atoms with van der Waals surface area (Å²) in [5, 5.41) is 2.49. The van der Waals surface area contributed by atoms with Gasteiger partial charge in [0.1, 0.15) is 0 Å². The van der Waals surface area contributed by atoms with Crippen LogP contribution in [0.1, 0.15) is 12.5 Å². The van der Waals surface area contributed by atoms with Gasteiger partial charge in [0.05, 0.1) is 17.7 Å². The number of benzene rings is 2. The van der Waals surface area contributed by atoms with Crippen LogP contribution >= 0.6 is 0 Å². The Bertz CT molecular complexity index is 862. The van der Waals surface area contributed by atoms with E-state index in [1.807, 2.05) is 31.2 Å². The van der Waals surface area contributed by atoms with E-state index in [9.17, 15) is 13.2 Å². The number of anilines is 2. The van der Waals surface area contributed by atoms with E-state index in [2.05, 4.69) is 10.1 Å². The highest BCUT2D eigenvalue weighted by molar-refractivity contribution is 7.92. The van der Waals surface area contributed by atoms with Crippen LogP contribution in [-0.2, 0) is 21.2 Å². The summed E-state index contributed by atoms with van der Waals surface area (Å²) in [5.41, 5.74) is 2.22. The number of rotatable bonds is 3. The first-order valence-corrected chi connectivity index (χ1v) is 8.95. The van der Waals surface area contributed by atoms with Crippen molar-refractivity contribution < 1.29 is 17.9 Å². The van der Waals surface area contributed by atoms with E-state index in [4.69, 9.17) is 0 Å². The number of hydrogen-bond donors (Lipinski definition) is 1. The molecule has 24 heavy (non-hydrogen) atoms. The number of nitrogens with zero attached hydrogens (tertiary/aromatic N) is 1. The van der Waals surface area contributed by atoms with Gasteiger partial charge in [-0.1, -0.05) is 18.2 Å². The van der Waals surface area contributed by atoms with Crippen LogP contribution in [0.4, 0.5) is 16.2 Å². The van der Waals surface area contributed by atoms with Gasteiger partial charge in [0.15, 0.2) is 0 Å². The molecular weight excluding hydrogens is 328 g/mol. The van der Waals surface area contributed by atoms with Crippen LogP contribution in [0.3, 0.4) is 0 Å². The summed E-state index contributed by atoms with van der Waals surface area (Å²) in [5.74, 6) is 0. The third-order valence-electron chi connectivity index (χ3n) is 3.99. The van der Waals surface area contributed by atoms with Gasteiger partial charge in [-0.25, -0.2) is 13.2 Å². The van der Waals surface area contributed by atoms with Crippen LogP contribution in [-0.4, -0.2) is 27.7 Å². The topological polar surface area (TPSA) is 75.7 Å². The minimum Gasteiger partial charge on any atom is -0.453 e. The average Bonchev–Trinajstić information content (AvgIpc) is 2.91. The molecule has 0 fully saturated rings. The van der Waals surface area contributed by atoms with Crippen molar-refractivity contribution in [1.29, 1.82) is 0 Å². The molecule has 3 rings (SSSR count). The summed E-state index contributed by atoms with van der Waals surface area (Å²) in [6, 6.07) is 13.4. The number of sulfonamides is 1. The van der Waals surface area contributed by atoms with Gasteiger partial charge in [0.2, 0.25) is 0 Å². The smallest absolute Gasteiger partial charge is 0.411 e. The number of methoxy groups -OCH3 is 1. The molecule has 0 saturated carbocycles. The Hall–Kier alpha value is -2.54. The molecule has 0 saturated heterocycles. The third kappa shape index (κ3) is 2.82. The van der Waals surface area contributed by atoms with Crippen molar-refractivity contribution in [3.63, 3.8) is 0 Å². The molecule has 1 N–H and O–H groups in total. The Morgan fingerprint density at radius 1 is 1.17 bits per heavy atom. The maximum Gasteiger partial charge on any atom is 0.411 e. The van der Waals surface area contributed by atoms with Gasteiger partial charge in [-0.15, -0.1) is 0 Å². The fourth-order valence-electron chi connectivity index (χ4n) is 2.90. The van der Waals surface area contributed by atoms with E-state index in [0.717, 1.165) is 11.3 Å². The summed E-state index contributed by atoms with van der Waals surface area (Å²) >= 11 is 0. The average molecular weight is 346 g/mol. The lowest BCUT2D eigenvalue weighted by Gasteiger charge is -2.24. The van der Waals surface area contributed by atoms with E-state index in [-0.39, 0.29) is 10.9 Å². The first kappa shape index (κ1) is 16.3. The molecule has 0 aromatic heterocycles. The predicted molar refractivity (Wildman–Crippen MR) is 91.7 cm³/mol. The zero-order chi connectivity index (χ0) is 17.3. The van der Waals surface area contributed by atoms with Crippen molar-refractivity contribution >= 4 is 27.5 Å². The van der Waals surface area contributed by atoms with E-state index < -0.39 is 16.1 Å². The molecule has 2 aromatic carbocycles. The van der Waals surface area contributed by atoms with Gasteiger partial charge in [0, 0.05) is 11.7 Å². The molecule has 126 valence electrons. The van der Waals surface area contributed by atoms with Gasteiger partial charge < -0.3 is 4.74 Å². The number of nitrogens with one attached hydrogen (secondary N) is 1. The van der Waals surface area contributed by atoms with Crippen molar-refractivity contribution in [3.8, 4) is 0 Å². The number of ether oxygens (including phenoxy) is 1. The fraction of sp³-hybridized carbons (Fsp3) is 0.235. The zero-order valence-electron chi connectivity index (χ0n) is 13.4. The molecule has 6 nitrogen and oxygen atoms in total. The molecule has 7 heteroatoms. The molecule has 0 radical (unpaired) electrons. The molecule has 0 spiro atoms. The molecule has 0 aliphatic carbocycles.